The molecule has 0 aliphatic carbocycles. The number of nitro groups is 1. The molecule has 28 heavy (non-hydrogen) atoms. The summed E-state index contributed by atoms with van der Waals surface area (Å²) >= 11 is 2.72. The lowest BCUT2D eigenvalue weighted by Crippen LogP contribution is -2.30. The lowest BCUT2D eigenvalue weighted by Gasteiger charge is -2.13. The van der Waals surface area contributed by atoms with E-state index in [0.29, 0.717) is 15.6 Å². The first-order valence-corrected chi connectivity index (χ1v) is 9.88. The van der Waals surface area contributed by atoms with Gasteiger partial charge in [0.2, 0.25) is 0 Å². The number of benzene rings is 1. The highest BCUT2D eigenvalue weighted by Crippen LogP contribution is 2.30. The Hall–Kier alpha value is -3.11. The number of ether oxygens (including phenoxy) is 1. The van der Waals surface area contributed by atoms with Crippen LogP contribution >= 0.6 is 22.7 Å². The Morgan fingerprint density at radius 3 is 2.71 bits per heavy atom. The molecule has 0 saturated heterocycles. The topological polar surface area (TPSA) is 111 Å². The van der Waals surface area contributed by atoms with E-state index < -0.39 is 22.9 Å². The average Bonchev–Trinajstić information content (AvgIpc) is 3.31. The van der Waals surface area contributed by atoms with E-state index in [0.717, 1.165) is 5.56 Å². The maximum atomic E-state index is 12.5. The summed E-state index contributed by atoms with van der Waals surface area (Å²) in [4.78, 5) is 39.9. The minimum Gasteiger partial charge on any atom is -0.448 e. The van der Waals surface area contributed by atoms with E-state index in [1.165, 1.54) is 47.8 Å². The summed E-state index contributed by atoms with van der Waals surface area (Å²) in [5, 5.41) is 18.0. The molecule has 1 atom stereocenters. The summed E-state index contributed by atoms with van der Waals surface area (Å²) in [5.74, 6) is -1.33. The predicted molar refractivity (Wildman–Crippen MR) is 107 cm³/mol. The molecule has 2 heterocycles. The fourth-order valence-electron chi connectivity index (χ4n) is 2.34. The number of carbonyl (C=O) groups is 2. The number of thiazole rings is 1. The number of nitrogens with one attached hydrogen (secondary N) is 1. The number of hydrogen-bond acceptors (Lipinski definition) is 8. The Balaban J connectivity index is 1.69. The zero-order chi connectivity index (χ0) is 20.3. The van der Waals surface area contributed by atoms with Crippen molar-refractivity contribution in [2.24, 2.45) is 0 Å². The Morgan fingerprint density at radius 1 is 1.29 bits per heavy atom. The number of nitro benzene ring substituents is 1. The molecule has 2 aromatic heterocycles. The van der Waals surface area contributed by atoms with Crippen molar-refractivity contribution in [3.05, 3.63) is 61.8 Å². The molecular weight excluding hydrogens is 402 g/mol. The second kappa shape index (κ2) is 8.28. The molecule has 0 aliphatic rings. The third-order valence-electron chi connectivity index (χ3n) is 3.76. The fourth-order valence-corrected chi connectivity index (χ4v) is 4.00. The fraction of sp³-hybridized carbons (Fsp3) is 0.167. The van der Waals surface area contributed by atoms with Crippen LogP contribution in [0.25, 0.3) is 10.6 Å². The number of aryl methyl sites for hydroxylation is 1. The zero-order valence-corrected chi connectivity index (χ0v) is 16.5. The number of nitrogens with zero attached hydrogens (tertiary/aromatic N) is 2. The molecule has 0 radical (unpaired) electrons. The maximum absolute atomic E-state index is 12.5. The van der Waals surface area contributed by atoms with Crippen molar-refractivity contribution in [3.8, 4) is 10.6 Å². The minimum atomic E-state index is -1.14. The highest BCUT2D eigenvalue weighted by atomic mass is 32.1. The third kappa shape index (κ3) is 4.24. The van der Waals surface area contributed by atoms with Crippen LogP contribution in [-0.2, 0) is 9.53 Å². The molecule has 0 aliphatic heterocycles. The van der Waals surface area contributed by atoms with Crippen LogP contribution in [0.4, 0.5) is 11.4 Å². The van der Waals surface area contributed by atoms with Crippen molar-refractivity contribution in [2.45, 2.75) is 20.0 Å². The monoisotopic (exact) mass is 417 g/mol. The van der Waals surface area contributed by atoms with Gasteiger partial charge in [-0.2, -0.15) is 11.3 Å². The van der Waals surface area contributed by atoms with E-state index in [1.54, 1.807) is 13.0 Å². The lowest BCUT2D eigenvalue weighted by molar-refractivity contribution is -0.383. The SMILES string of the molecule is Cc1nc(-c2ccsc2)sc1C(=O)OC(C)C(=O)Nc1ccccc1[N+](=O)[O-]. The molecular formula is C18H15N3O5S2. The quantitative estimate of drug-likeness (QED) is 0.364. The van der Waals surface area contributed by atoms with Gasteiger partial charge in [0.05, 0.1) is 10.6 Å². The molecule has 0 spiro atoms. The Morgan fingerprint density at radius 2 is 2.04 bits per heavy atom. The molecule has 1 aromatic carbocycles. The van der Waals surface area contributed by atoms with E-state index in [2.05, 4.69) is 10.3 Å². The number of hydrogen-bond donors (Lipinski definition) is 1. The van der Waals surface area contributed by atoms with Gasteiger partial charge in [0.1, 0.15) is 15.6 Å². The highest BCUT2D eigenvalue weighted by Gasteiger charge is 2.25. The van der Waals surface area contributed by atoms with E-state index >= 15 is 0 Å². The molecule has 10 heteroatoms. The maximum Gasteiger partial charge on any atom is 0.351 e. The van der Waals surface area contributed by atoms with Crippen LogP contribution < -0.4 is 5.32 Å². The number of rotatable bonds is 6. The Bertz CT molecular complexity index is 1030. The molecule has 0 fully saturated rings. The molecule has 0 bridgehead atoms. The van der Waals surface area contributed by atoms with Gasteiger partial charge in [0.15, 0.2) is 6.10 Å². The van der Waals surface area contributed by atoms with Crippen LogP contribution in [0, 0.1) is 17.0 Å². The zero-order valence-electron chi connectivity index (χ0n) is 14.9. The first-order chi connectivity index (χ1) is 13.4. The Labute approximate surface area is 168 Å². The standard InChI is InChI=1S/C18H15N3O5S2/c1-10-15(28-17(19-10)12-7-8-27-9-12)18(23)26-11(2)16(22)20-13-5-3-4-6-14(13)21(24)25/h3-9,11H,1-2H3,(H,20,22). The normalized spacial score (nSPS) is 11.6. The first kappa shape index (κ1) is 19.6. The van der Waals surface area contributed by atoms with Crippen molar-refractivity contribution < 1.29 is 19.2 Å². The first-order valence-electron chi connectivity index (χ1n) is 8.12. The summed E-state index contributed by atoms with van der Waals surface area (Å²) < 4.78 is 5.23. The number of carbonyl (C=O) groups excluding carboxylic acids is 2. The van der Waals surface area contributed by atoms with Crippen molar-refractivity contribution in [2.75, 3.05) is 5.32 Å². The lowest BCUT2D eigenvalue weighted by atomic mass is 10.2. The van der Waals surface area contributed by atoms with Gasteiger partial charge >= 0.3 is 5.97 Å². The summed E-state index contributed by atoms with van der Waals surface area (Å²) in [6.07, 6.45) is -1.14. The third-order valence-corrected chi connectivity index (χ3v) is 5.63. The van der Waals surface area contributed by atoms with E-state index in [9.17, 15) is 19.7 Å². The van der Waals surface area contributed by atoms with Crippen molar-refractivity contribution in [1.29, 1.82) is 0 Å². The molecule has 8 nitrogen and oxygen atoms in total. The van der Waals surface area contributed by atoms with Crippen LogP contribution in [-0.4, -0.2) is 27.9 Å². The largest absolute Gasteiger partial charge is 0.448 e. The van der Waals surface area contributed by atoms with Gasteiger partial charge in [-0.25, -0.2) is 9.78 Å². The molecule has 0 saturated carbocycles. The van der Waals surface area contributed by atoms with Gasteiger partial charge < -0.3 is 10.1 Å². The van der Waals surface area contributed by atoms with Crippen LogP contribution in [0.15, 0.2) is 41.1 Å². The van der Waals surface area contributed by atoms with Crippen molar-refractivity contribution in [3.63, 3.8) is 0 Å². The number of amides is 1. The smallest absolute Gasteiger partial charge is 0.351 e. The molecule has 3 aromatic rings. The number of thiophene rings is 1. The number of anilines is 1. The molecule has 1 unspecified atom stereocenters. The van der Waals surface area contributed by atoms with Crippen molar-refractivity contribution >= 4 is 45.9 Å². The molecule has 1 amide bonds. The predicted octanol–water partition coefficient (Wildman–Crippen LogP) is 4.27. The average molecular weight is 417 g/mol. The second-order valence-electron chi connectivity index (χ2n) is 5.76. The summed E-state index contributed by atoms with van der Waals surface area (Å²) in [7, 11) is 0. The van der Waals surface area contributed by atoms with E-state index in [4.69, 9.17) is 4.74 Å². The number of aromatic nitrogens is 1. The van der Waals surface area contributed by atoms with E-state index in [1.807, 2.05) is 16.8 Å². The van der Waals surface area contributed by atoms with Gasteiger partial charge in [-0.05, 0) is 31.4 Å². The Kier molecular flexibility index (Phi) is 5.81. The summed E-state index contributed by atoms with van der Waals surface area (Å²) in [6, 6.07) is 7.64. The number of para-hydroxylation sites is 2. The minimum absolute atomic E-state index is 0.0362. The van der Waals surface area contributed by atoms with Gasteiger partial charge in [-0.1, -0.05) is 12.1 Å². The second-order valence-corrected chi connectivity index (χ2v) is 7.54. The number of esters is 1. The molecule has 144 valence electrons. The highest BCUT2D eigenvalue weighted by molar-refractivity contribution is 7.17. The summed E-state index contributed by atoms with van der Waals surface area (Å²) in [6.45, 7) is 3.10. The van der Waals surface area contributed by atoms with Crippen LogP contribution in [0.2, 0.25) is 0 Å². The van der Waals surface area contributed by atoms with Crippen LogP contribution in [0.1, 0.15) is 22.3 Å². The van der Waals surface area contributed by atoms with Crippen LogP contribution in [0.3, 0.4) is 0 Å². The molecule has 1 N–H and O–H groups in total. The van der Waals surface area contributed by atoms with Crippen LogP contribution in [0.5, 0.6) is 0 Å². The van der Waals surface area contributed by atoms with Gasteiger partial charge in [-0.15, -0.1) is 11.3 Å². The molecule has 3 rings (SSSR count). The van der Waals surface area contributed by atoms with E-state index in [-0.39, 0.29) is 11.4 Å². The van der Waals surface area contributed by atoms with Crippen molar-refractivity contribution in [1.82, 2.24) is 4.98 Å². The van der Waals surface area contributed by atoms with Gasteiger partial charge in [0.25, 0.3) is 11.6 Å². The van der Waals surface area contributed by atoms with Gasteiger partial charge in [-0.3, -0.25) is 14.9 Å². The summed E-state index contributed by atoms with van der Waals surface area (Å²) in [5.41, 5.74) is 1.23. The van der Waals surface area contributed by atoms with Gasteiger partial charge in [0, 0.05) is 17.0 Å².